The first kappa shape index (κ1) is 10.4. The summed E-state index contributed by atoms with van der Waals surface area (Å²) in [6.07, 6.45) is 7.01. The van der Waals surface area contributed by atoms with Crippen LogP contribution in [0.2, 0.25) is 0 Å². The number of nitrogen functional groups attached to an aromatic ring is 1. The van der Waals surface area contributed by atoms with Gasteiger partial charge in [0.05, 0.1) is 11.2 Å². The lowest BCUT2D eigenvalue weighted by molar-refractivity contribution is 0.756. The number of anilines is 2. The normalized spacial score (nSPS) is 16.5. The van der Waals surface area contributed by atoms with Crippen molar-refractivity contribution in [2.24, 2.45) is 0 Å². The van der Waals surface area contributed by atoms with Gasteiger partial charge in [0, 0.05) is 23.3 Å². The van der Waals surface area contributed by atoms with Gasteiger partial charge < -0.3 is 11.1 Å². The molecule has 3 N–H and O–H groups in total. The molecular formula is C14H17N3. The highest BCUT2D eigenvalue weighted by Gasteiger charge is 2.16. The fourth-order valence-corrected chi connectivity index (χ4v) is 2.60. The smallest absolute Gasteiger partial charge is 0.0953 e. The van der Waals surface area contributed by atoms with E-state index >= 15 is 0 Å². The Hall–Kier alpha value is -1.77. The average molecular weight is 227 g/mol. The molecule has 3 heteroatoms. The van der Waals surface area contributed by atoms with Crippen molar-refractivity contribution in [2.75, 3.05) is 11.1 Å². The highest BCUT2D eigenvalue weighted by molar-refractivity contribution is 5.98. The van der Waals surface area contributed by atoms with Gasteiger partial charge in [-0.2, -0.15) is 0 Å². The van der Waals surface area contributed by atoms with Crippen molar-refractivity contribution in [1.29, 1.82) is 0 Å². The van der Waals surface area contributed by atoms with Crippen LogP contribution in [0.4, 0.5) is 11.4 Å². The lowest BCUT2D eigenvalue weighted by Gasteiger charge is -2.15. The highest BCUT2D eigenvalue weighted by Crippen LogP contribution is 2.29. The first-order valence-corrected chi connectivity index (χ1v) is 6.24. The summed E-state index contributed by atoms with van der Waals surface area (Å²) in [6, 6.07) is 8.56. The van der Waals surface area contributed by atoms with Crippen LogP contribution in [-0.2, 0) is 0 Å². The average Bonchev–Trinajstić information content (AvgIpc) is 2.86. The van der Waals surface area contributed by atoms with Crippen molar-refractivity contribution in [3.05, 3.63) is 30.5 Å². The maximum Gasteiger partial charge on any atom is 0.0953 e. The first-order valence-electron chi connectivity index (χ1n) is 6.24. The largest absolute Gasteiger partial charge is 0.398 e. The molecule has 0 amide bonds. The zero-order valence-corrected chi connectivity index (χ0v) is 9.82. The Bertz CT molecular complexity index is 530. The number of hydrogen-bond acceptors (Lipinski definition) is 3. The Morgan fingerprint density at radius 2 is 2.00 bits per heavy atom. The standard InChI is InChI=1S/C14H17N3/c15-12-7-8-13(17-10-4-1-2-5-10)14-11(12)6-3-9-16-14/h3,6-10,17H,1-2,4-5,15H2. The zero-order chi connectivity index (χ0) is 11.7. The predicted octanol–water partition coefficient (Wildman–Crippen LogP) is 3.17. The summed E-state index contributed by atoms with van der Waals surface area (Å²) >= 11 is 0. The van der Waals surface area contributed by atoms with E-state index in [2.05, 4.69) is 10.3 Å². The molecule has 0 spiro atoms. The zero-order valence-electron chi connectivity index (χ0n) is 9.82. The van der Waals surface area contributed by atoms with E-state index in [4.69, 9.17) is 5.73 Å². The van der Waals surface area contributed by atoms with Gasteiger partial charge in [0.2, 0.25) is 0 Å². The van der Waals surface area contributed by atoms with Gasteiger partial charge in [0.1, 0.15) is 0 Å². The third-order valence-electron chi connectivity index (χ3n) is 3.52. The van der Waals surface area contributed by atoms with Crippen LogP contribution in [0.3, 0.4) is 0 Å². The Morgan fingerprint density at radius 1 is 1.18 bits per heavy atom. The van der Waals surface area contributed by atoms with Crippen LogP contribution >= 0.6 is 0 Å². The predicted molar refractivity (Wildman–Crippen MR) is 72.0 cm³/mol. The molecule has 1 aromatic heterocycles. The Labute approximate surface area is 101 Å². The molecule has 1 aliphatic rings. The van der Waals surface area contributed by atoms with Crippen molar-refractivity contribution in [3.63, 3.8) is 0 Å². The summed E-state index contributed by atoms with van der Waals surface area (Å²) in [6.45, 7) is 0. The van der Waals surface area contributed by atoms with Crippen molar-refractivity contribution in [1.82, 2.24) is 4.98 Å². The molecule has 1 aromatic carbocycles. The molecule has 1 fully saturated rings. The highest BCUT2D eigenvalue weighted by atomic mass is 14.9. The van der Waals surface area contributed by atoms with Crippen molar-refractivity contribution < 1.29 is 0 Å². The molecule has 0 atom stereocenters. The molecule has 3 nitrogen and oxygen atoms in total. The number of fused-ring (bicyclic) bond motifs is 1. The van der Waals surface area contributed by atoms with Crippen LogP contribution in [0.5, 0.6) is 0 Å². The molecule has 1 saturated carbocycles. The molecule has 0 radical (unpaired) electrons. The summed E-state index contributed by atoms with van der Waals surface area (Å²) in [4.78, 5) is 4.44. The molecule has 0 bridgehead atoms. The van der Waals surface area contributed by atoms with E-state index in [1.54, 1.807) is 0 Å². The monoisotopic (exact) mass is 227 g/mol. The Balaban J connectivity index is 2.01. The molecule has 17 heavy (non-hydrogen) atoms. The second kappa shape index (κ2) is 4.24. The van der Waals surface area contributed by atoms with Gasteiger partial charge in [-0.25, -0.2) is 0 Å². The van der Waals surface area contributed by atoms with Crippen LogP contribution in [-0.4, -0.2) is 11.0 Å². The summed E-state index contributed by atoms with van der Waals surface area (Å²) in [5.41, 5.74) is 8.86. The topological polar surface area (TPSA) is 50.9 Å². The molecule has 1 heterocycles. The molecule has 3 rings (SSSR count). The molecular weight excluding hydrogens is 210 g/mol. The minimum absolute atomic E-state index is 0.601. The van der Waals surface area contributed by atoms with E-state index in [-0.39, 0.29) is 0 Å². The third kappa shape index (κ3) is 1.93. The van der Waals surface area contributed by atoms with Crippen LogP contribution < -0.4 is 11.1 Å². The second-order valence-corrected chi connectivity index (χ2v) is 4.73. The van der Waals surface area contributed by atoms with E-state index in [1.165, 1.54) is 25.7 Å². The molecule has 1 aliphatic carbocycles. The van der Waals surface area contributed by atoms with Gasteiger partial charge in [-0.1, -0.05) is 12.8 Å². The van der Waals surface area contributed by atoms with Crippen molar-refractivity contribution in [2.45, 2.75) is 31.7 Å². The number of nitrogens with one attached hydrogen (secondary N) is 1. The number of nitrogens with zero attached hydrogens (tertiary/aromatic N) is 1. The lowest BCUT2D eigenvalue weighted by atomic mass is 10.1. The molecule has 0 unspecified atom stereocenters. The number of hydrogen-bond donors (Lipinski definition) is 2. The molecule has 0 aliphatic heterocycles. The second-order valence-electron chi connectivity index (χ2n) is 4.73. The number of rotatable bonds is 2. The van der Waals surface area contributed by atoms with Gasteiger partial charge in [-0.3, -0.25) is 4.98 Å². The lowest BCUT2D eigenvalue weighted by Crippen LogP contribution is -2.14. The van der Waals surface area contributed by atoms with Gasteiger partial charge in [0.25, 0.3) is 0 Å². The van der Waals surface area contributed by atoms with Gasteiger partial charge in [-0.05, 0) is 37.1 Å². The van der Waals surface area contributed by atoms with Crippen LogP contribution in [0.1, 0.15) is 25.7 Å². The molecule has 0 saturated heterocycles. The Kier molecular flexibility index (Phi) is 2.59. The number of nitrogens with two attached hydrogens (primary N) is 1. The van der Waals surface area contributed by atoms with E-state index in [0.29, 0.717) is 6.04 Å². The minimum atomic E-state index is 0.601. The number of pyridine rings is 1. The summed E-state index contributed by atoms with van der Waals surface area (Å²) < 4.78 is 0. The SMILES string of the molecule is Nc1ccc(NC2CCCC2)c2ncccc12. The van der Waals surface area contributed by atoms with Gasteiger partial charge in [-0.15, -0.1) is 0 Å². The summed E-state index contributed by atoms with van der Waals surface area (Å²) in [5.74, 6) is 0. The number of benzene rings is 1. The molecule has 2 aromatic rings. The van der Waals surface area contributed by atoms with Crippen LogP contribution in [0.15, 0.2) is 30.5 Å². The van der Waals surface area contributed by atoms with Crippen molar-refractivity contribution in [3.8, 4) is 0 Å². The Morgan fingerprint density at radius 3 is 2.82 bits per heavy atom. The first-order chi connectivity index (χ1) is 8.34. The fourth-order valence-electron chi connectivity index (χ4n) is 2.60. The van der Waals surface area contributed by atoms with E-state index in [1.807, 2.05) is 30.5 Å². The van der Waals surface area contributed by atoms with Gasteiger partial charge in [0.15, 0.2) is 0 Å². The third-order valence-corrected chi connectivity index (χ3v) is 3.52. The number of aromatic nitrogens is 1. The van der Waals surface area contributed by atoms with E-state index < -0.39 is 0 Å². The quantitative estimate of drug-likeness (QED) is 0.775. The minimum Gasteiger partial charge on any atom is -0.398 e. The summed E-state index contributed by atoms with van der Waals surface area (Å²) in [7, 11) is 0. The van der Waals surface area contributed by atoms with E-state index in [0.717, 1.165) is 22.3 Å². The van der Waals surface area contributed by atoms with Crippen LogP contribution in [0.25, 0.3) is 10.9 Å². The fraction of sp³-hybridized carbons (Fsp3) is 0.357. The maximum absolute atomic E-state index is 5.97. The van der Waals surface area contributed by atoms with Crippen molar-refractivity contribution >= 4 is 22.3 Å². The van der Waals surface area contributed by atoms with E-state index in [9.17, 15) is 0 Å². The molecule has 88 valence electrons. The maximum atomic E-state index is 5.97. The van der Waals surface area contributed by atoms with Crippen LogP contribution in [0, 0.1) is 0 Å². The van der Waals surface area contributed by atoms with Gasteiger partial charge >= 0.3 is 0 Å². The summed E-state index contributed by atoms with van der Waals surface area (Å²) in [5, 5.41) is 4.63.